The Kier molecular flexibility index (Phi) is 2.85. The zero-order valence-electron chi connectivity index (χ0n) is 9.63. The van der Waals surface area contributed by atoms with Crippen LogP contribution < -0.4 is 5.73 Å². The minimum Gasteiger partial charge on any atom is -0.327 e. The highest BCUT2D eigenvalue weighted by Gasteiger charge is 2.36. The van der Waals surface area contributed by atoms with E-state index in [-0.39, 0.29) is 0 Å². The van der Waals surface area contributed by atoms with Gasteiger partial charge in [-0.05, 0) is 38.0 Å². The summed E-state index contributed by atoms with van der Waals surface area (Å²) >= 11 is 0. The van der Waals surface area contributed by atoms with E-state index in [2.05, 4.69) is 18.7 Å². The minimum atomic E-state index is 0.426. The molecule has 2 nitrogen and oxygen atoms in total. The molecule has 14 heavy (non-hydrogen) atoms. The van der Waals surface area contributed by atoms with Gasteiger partial charge in [-0.1, -0.05) is 13.3 Å². The second-order valence-corrected chi connectivity index (χ2v) is 5.78. The normalized spacial score (nSPS) is 37.9. The Morgan fingerprint density at radius 2 is 2.07 bits per heavy atom. The zero-order valence-corrected chi connectivity index (χ0v) is 9.63. The summed E-state index contributed by atoms with van der Waals surface area (Å²) in [5.41, 5.74) is 6.64. The van der Waals surface area contributed by atoms with Crippen LogP contribution in [-0.4, -0.2) is 30.1 Å². The van der Waals surface area contributed by atoms with Crippen LogP contribution in [0.15, 0.2) is 0 Å². The topological polar surface area (TPSA) is 29.3 Å². The van der Waals surface area contributed by atoms with Crippen molar-refractivity contribution < 1.29 is 0 Å². The van der Waals surface area contributed by atoms with Crippen LogP contribution in [0.5, 0.6) is 0 Å². The lowest BCUT2D eigenvalue weighted by molar-refractivity contribution is 0.0424. The summed E-state index contributed by atoms with van der Waals surface area (Å²) < 4.78 is 0. The van der Waals surface area contributed by atoms with Gasteiger partial charge >= 0.3 is 0 Å². The van der Waals surface area contributed by atoms with E-state index in [1.165, 1.54) is 38.6 Å². The summed E-state index contributed by atoms with van der Waals surface area (Å²) in [6.45, 7) is 7.19. The summed E-state index contributed by atoms with van der Waals surface area (Å²) in [4.78, 5) is 2.62. The fourth-order valence-electron chi connectivity index (χ4n) is 2.86. The van der Waals surface area contributed by atoms with Gasteiger partial charge in [-0.15, -0.1) is 0 Å². The highest BCUT2D eigenvalue weighted by molar-refractivity contribution is 4.90. The van der Waals surface area contributed by atoms with E-state index < -0.39 is 0 Å². The summed E-state index contributed by atoms with van der Waals surface area (Å²) in [6, 6.07) is 1.18. The number of likely N-dealkylation sites (tertiary alicyclic amines) is 1. The van der Waals surface area contributed by atoms with E-state index >= 15 is 0 Å². The molecular formula is C12H24N2. The number of rotatable bonds is 2. The molecule has 2 aliphatic rings. The first-order chi connectivity index (χ1) is 6.59. The van der Waals surface area contributed by atoms with Gasteiger partial charge in [0.1, 0.15) is 0 Å². The molecule has 2 rings (SSSR count). The van der Waals surface area contributed by atoms with Gasteiger partial charge in [-0.25, -0.2) is 0 Å². The number of nitrogens with two attached hydrogens (primary N) is 1. The first-order valence-corrected chi connectivity index (χ1v) is 6.09. The summed E-state index contributed by atoms with van der Waals surface area (Å²) in [5, 5.41) is 0. The van der Waals surface area contributed by atoms with Gasteiger partial charge in [-0.3, -0.25) is 4.90 Å². The largest absolute Gasteiger partial charge is 0.327 e. The molecule has 2 fully saturated rings. The highest BCUT2D eigenvalue weighted by atomic mass is 15.2. The van der Waals surface area contributed by atoms with Crippen LogP contribution in [0, 0.1) is 5.41 Å². The Hall–Kier alpha value is -0.0800. The van der Waals surface area contributed by atoms with Crippen LogP contribution in [0.1, 0.15) is 46.0 Å². The van der Waals surface area contributed by atoms with Crippen LogP contribution in [-0.2, 0) is 0 Å². The fourth-order valence-corrected chi connectivity index (χ4v) is 2.86. The van der Waals surface area contributed by atoms with Gasteiger partial charge in [0.25, 0.3) is 0 Å². The Morgan fingerprint density at radius 3 is 2.64 bits per heavy atom. The second-order valence-electron chi connectivity index (χ2n) is 5.78. The van der Waals surface area contributed by atoms with E-state index in [0.717, 1.165) is 12.6 Å². The van der Waals surface area contributed by atoms with E-state index in [4.69, 9.17) is 5.73 Å². The lowest BCUT2D eigenvalue weighted by Gasteiger charge is -2.46. The molecule has 0 radical (unpaired) electrons. The molecule has 2 unspecified atom stereocenters. The van der Waals surface area contributed by atoms with E-state index in [1.807, 2.05) is 0 Å². The molecule has 1 saturated carbocycles. The fraction of sp³-hybridized carbons (Fsp3) is 1.00. The first kappa shape index (κ1) is 10.4. The molecule has 2 N–H and O–H groups in total. The van der Waals surface area contributed by atoms with E-state index in [9.17, 15) is 0 Å². The van der Waals surface area contributed by atoms with E-state index in [1.54, 1.807) is 0 Å². The lowest BCUT2D eigenvalue weighted by atomic mass is 9.70. The molecule has 0 aromatic heterocycles. The van der Waals surface area contributed by atoms with Crippen molar-refractivity contribution in [2.24, 2.45) is 11.1 Å². The highest BCUT2D eigenvalue weighted by Crippen LogP contribution is 2.41. The van der Waals surface area contributed by atoms with Crippen LogP contribution in [0.25, 0.3) is 0 Å². The SMILES string of the molecule is CC1CCC(N)CN1CC1(C)CCC1. The average molecular weight is 196 g/mol. The monoisotopic (exact) mass is 196 g/mol. The molecule has 0 bridgehead atoms. The number of piperidine rings is 1. The van der Waals surface area contributed by atoms with Crippen molar-refractivity contribution in [2.75, 3.05) is 13.1 Å². The van der Waals surface area contributed by atoms with Gasteiger partial charge in [0, 0.05) is 25.2 Å². The average Bonchev–Trinajstić information content (AvgIpc) is 2.09. The van der Waals surface area contributed by atoms with Crippen molar-refractivity contribution in [1.29, 1.82) is 0 Å². The van der Waals surface area contributed by atoms with Crippen LogP contribution in [0.3, 0.4) is 0 Å². The molecule has 82 valence electrons. The standard InChI is InChI=1S/C12H24N2/c1-10-4-5-11(13)8-14(10)9-12(2)6-3-7-12/h10-11H,3-9,13H2,1-2H3. The summed E-state index contributed by atoms with van der Waals surface area (Å²) in [7, 11) is 0. The molecule has 1 aliphatic carbocycles. The maximum absolute atomic E-state index is 6.02. The van der Waals surface area contributed by atoms with Crippen molar-refractivity contribution >= 4 is 0 Å². The molecule has 1 heterocycles. The predicted octanol–water partition coefficient (Wildman–Crippen LogP) is 1.99. The number of hydrogen-bond donors (Lipinski definition) is 1. The third kappa shape index (κ3) is 2.12. The number of nitrogens with zero attached hydrogens (tertiary/aromatic N) is 1. The van der Waals surface area contributed by atoms with Gasteiger partial charge < -0.3 is 5.73 Å². The van der Waals surface area contributed by atoms with Crippen molar-refractivity contribution in [1.82, 2.24) is 4.90 Å². The summed E-state index contributed by atoms with van der Waals surface area (Å²) in [5.74, 6) is 0. The van der Waals surface area contributed by atoms with E-state index in [0.29, 0.717) is 11.5 Å². The van der Waals surface area contributed by atoms with Gasteiger partial charge in [0.05, 0.1) is 0 Å². The van der Waals surface area contributed by atoms with Gasteiger partial charge in [-0.2, -0.15) is 0 Å². The first-order valence-electron chi connectivity index (χ1n) is 6.09. The maximum Gasteiger partial charge on any atom is 0.0168 e. The Balaban J connectivity index is 1.88. The third-order valence-corrected chi connectivity index (χ3v) is 4.19. The number of hydrogen-bond acceptors (Lipinski definition) is 2. The molecule has 1 saturated heterocycles. The zero-order chi connectivity index (χ0) is 10.2. The molecule has 0 amide bonds. The summed E-state index contributed by atoms with van der Waals surface area (Å²) in [6.07, 6.45) is 6.79. The molecule has 2 atom stereocenters. The van der Waals surface area contributed by atoms with Crippen LogP contribution in [0.4, 0.5) is 0 Å². The minimum absolute atomic E-state index is 0.426. The van der Waals surface area contributed by atoms with Crippen molar-refractivity contribution in [3.63, 3.8) is 0 Å². The van der Waals surface area contributed by atoms with Crippen molar-refractivity contribution in [3.05, 3.63) is 0 Å². The van der Waals surface area contributed by atoms with Gasteiger partial charge in [0.15, 0.2) is 0 Å². The quantitative estimate of drug-likeness (QED) is 0.732. The Morgan fingerprint density at radius 1 is 1.36 bits per heavy atom. The predicted molar refractivity (Wildman–Crippen MR) is 60.2 cm³/mol. The Labute approximate surface area is 87.8 Å². The Bertz CT molecular complexity index is 198. The third-order valence-electron chi connectivity index (χ3n) is 4.19. The van der Waals surface area contributed by atoms with Gasteiger partial charge in [0.2, 0.25) is 0 Å². The molecule has 2 heteroatoms. The molecule has 0 spiro atoms. The van der Waals surface area contributed by atoms with Crippen molar-refractivity contribution in [3.8, 4) is 0 Å². The molecule has 0 aromatic carbocycles. The molecular weight excluding hydrogens is 172 g/mol. The second kappa shape index (κ2) is 3.82. The van der Waals surface area contributed by atoms with Crippen molar-refractivity contribution in [2.45, 2.75) is 58.0 Å². The molecule has 1 aliphatic heterocycles. The molecule has 0 aromatic rings. The van der Waals surface area contributed by atoms with Crippen LogP contribution >= 0.6 is 0 Å². The smallest absolute Gasteiger partial charge is 0.0168 e. The maximum atomic E-state index is 6.02. The van der Waals surface area contributed by atoms with Crippen LogP contribution in [0.2, 0.25) is 0 Å². The lowest BCUT2D eigenvalue weighted by Crippen LogP contribution is -2.52.